The summed E-state index contributed by atoms with van der Waals surface area (Å²) < 4.78 is 21.2. The monoisotopic (exact) mass is 617 g/mol. The molecule has 12 heteroatoms. The second-order valence-electron chi connectivity index (χ2n) is 11.4. The average Bonchev–Trinajstić information content (AvgIpc) is 3.44. The third-order valence-electron chi connectivity index (χ3n) is 8.51. The van der Waals surface area contributed by atoms with Gasteiger partial charge >= 0.3 is 0 Å². The number of hydrogen-bond acceptors (Lipinski definition) is 7. The molecule has 2 saturated heterocycles. The summed E-state index contributed by atoms with van der Waals surface area (Å²) in [6.07, 6.45) is 4.30. The number of amides is 2. The van der Waals surface area contributed by atoms with Gasteiger partial charge in [0.25, 0.3) is 5.91 Å². The number of piperidine rings is 1. The molecule has 11 nitrogen and oxygen atoms in total. The van der Waals surface area contributed by atoms with Crippen molar-refractivity contribution in [3.63, 3.8) is 0 Å². The van der Waals surface area contributed by atoms with Gasteiger partial charge in [-0.1, -0.05) is 6.58 Å². The Morgan fingerprint density at radius 2 is 1.98 bits per heavy atom. The predicted octanol–water partition coefficient (Wildman–Crippen LogP) is 3.19. The second kappa shape index (κ2) is 14.0. The summed E-state index contributed by atoms with van der Waals surface area (Å²) in [4.78, 5) is 39.1. The van der Waals surface area contributed by atoms with Gasteiger partial charge in [-0.2, -0.15) is 0 Å². The van der Waals surface area contributed by atoms with Crippen LogP contribution in [0.1, 0.15) is 34.6 Å². The van der Waals surface area contributed by atoms with Crippen LogP contribution in [0.2, 0.25) is 0 Å². The highest BCUT2D eigenvalue weighted by molar-refractivity contribution is 6.07. The molecule has 3 N–H and O–H groups in total. The second-order valence-corrected chi connectivity index (χ2v) is 11.4. The van der Waals surface area contributed by atoms with E-state index in [-0.39, 0.29) is 36.1 Å². The van der Waals surface area contributed by atoms with Crippen LogP contribution in [-0.2, 0) is 11.8 Å². The largest absolute Gasteiger partial charge is 0.494 e. The van der Waals surface area contributed by atoms with Crippen molar-refractivity contribution in [3.05, 3.63) is 78.1 Å². The zero-order chi connectivity index (χ0) is 32.1. The molecule has 2 amide bonds. The maximum Gasteiger partial charge on any atom is 0.254 e. The van der Waals surface area contributed by atoms with E-state index in [0.29, 0.717) is 79.7 Å². The van der Waals surface area contributed by atoms with Crippen molar-refractivity contribution in [1.82, 2.24) is 24.7 Å². The number of imidazole rings is 1. The molecule has 3 aromatic rings. The molecule has 2 aliphatic rings. The van der Waals surface area contributed by atoms with Crippen LogP contribution in [0.3, 0.4) is 0 Å². The highest BCUT2D eigenvalue weighted by Crippen LogP contribution is 2.27. The first kappa shape index (κ1) is 31.9. The van der Waals surface area contributed by atoms with Crippen molar-refractivity contribution < 1.29 is 23.8 Å². The number of methoxy groups -OCH3 is 1. The van der Waals surface area contributed by atoms with Gasteiger partial charge in [-0.15, -0.1) is 0 Å². The van der Waals surface area contributed by atoms with E-state index in [9.17, 15) is 19.1 Å². The van der Waals surface area contributed by atoms with Crippen LogP contribution >= 0.6 is 0 Å². The molecule has 45 heavy (non-hydrogen) atoms. The van der Waals surface area contributed by atoms with Gasteiger partial charge in [0, 0.05) is 74.7 Å². The molecule has 0 bridgehead atoms. The number of aliphatic hydroxyl groups excluding tert-OH is 1. The molecule has 1 aromatic heterocycles. The maximum absolute atomic E-state index is 14.4. The normalized spacial score (nSPS) is 17.7. The van der Waals surface area contributed by atoms with Crippen LogP contribution < -0.4 is 15.4 Å². The minimum atomic E-state index is -0.467. The Labute approximate surface area is 262 Å². The van der Waals surface area contributed by atoms with Crippen LogP contribution in [-0.4, -0.2) is 94.6 Å². The smallest absolute Gasteiger partial charge is 0.254 e. The van der Waals surface area contributed by atoms with Crippen molar-refractivity contribution >= 4 is 23.3 Å². The molecule has 3 heterocycles. The number of aliphatic imine (C=N–C) groups is 1. The summed E-state index contributed by atoms with van der Waals surface area (Å²) in [6.45, 7) is 8.47. The van der Waals surface area contributed by atoms with Crippen LogP contribution in [0.4, 0.5) is 10.1 Å². The van der Waals surface area contributed by atoms with Gasteiger partial charge in [0.2, 0.25) is 5.91 Å². The van der Waals surface area contributed by atoms with Crippen molar-refractivity contribution in [2.45, 2.75) is 25.8 Å². The number of piperazine rings is 1. The Morgan fingerprint density at radius 1 is 1.20 bits per heavy atom. The average molecular weight is 618 g/mol. The van der Waals surface area contributed by atoms with E-state index in [2.05, 4.69) is 27.2 Å². The minimum absolute atomic E-state index is 0.00356. The van der Waals surface area contributed by atoms with E-state index in [1.165, 1.54) is 19.4 Å². The van der Waals surface area contributed by atoms with Crippen molar-refractivity contribution in [1.29, 1.82) is 0 Å². The fraction of sp³-hybridized carbons (Fsp3) is 0.394. The Kier molecular flexibility index (Phi) is 9.94. The van der Waals surface area contributed by atoms with Gasteiger partial charge in [-0.05, 0) is 61.7 Å². The lowest BCUT2D eigenvalue weighted by Gasteiger charge is -2.38. The number of hydrogen-bond donors (Lipinski definition) is 3. The molecule has 1 unspecified atom stereocenters. The molecule has 2 aliphatic heterocycles. The number of halogens is 1. The molecule has 0 aliphatic carbocycles. The van der Waals surface area contributed by atoms with Crippen LogP contribution in [0.5, 0.6) is 5.75 Å². The zero-order valence-corrected chi connectivity index (χ0v) is 25.9. The summed E-state index contributed by atoms with van der Waals surface area (Å²) in [5.74, 6) is 0.589. The summed E-state index contributed by atoms with van der Waals surface area (Å²) in [6, 6.07) is 10.1. The number of anilines is 1. The topological polar surface area (TPSA) is 124 Å². The number of benzene rings is 2. The van der Waals surface area contributed by atoms with Crippen molar-refractivity contribution in [3.8, 4) is 17.0 Å². The van der Waals surface area contributed by atoms with E-state index in [0.717, 1.165) is 5.56 Å². The van der Waals surface area contributed by atoms with Gasteiger partial charge in [-0.25, -0.2) is 14.4 Å². The molecule has 1 atom stereocenters. The number of aliphatic hydroxyl groups is 1. The third kappa shape index (κ3) is 6.91. The van der Waals surface area contributed by atoms with Gasteiger partial charge in [-0.3, -0.25) is 9.59 Å². The van der Waals surface area contributed by atoms with E-state index < -0.39 is 5.82 Å². The molecule has 0 radical (unpaired) electrons. The first-order valence-corrected chi connectivity index (χ1v) is 15.1. The molecule has 238 valence electrons. The lowest BCUT2D eigenvalue weighted by Crippen LogP contribution is -2.56. The Bertz CT molecular complexity index is 1600. The molecule has 0 saturated carbocycles. The van der Waals surface area contributed by atoms with Gasteiger partial charge < -0.3 is 34.8 Å². The van der Waals surface area contributed by atoms with E-state index >= 15 is 0 Å². The van der Waals surface area contributed by atoms with Crippen LogP contribution in [0.25, 0.3) is 11.3 Å². The number of carbonyl (C=O) groups is 2. The number of nitrogens with zero attached hydrogens (tertiary/aromatic N) is 5. The van der Waals surface area contributed by atoms with Crippen LogP contribution in [0, 0.1) is 18.7 Å². The maximum atomic E-state index is 14.4. The summed E-state index contributed by atoms with van der Waals surface area (Å²) in [5.41, 5.74) is 3.44. The number of aryl methyl sites for hydroxylation is 1. The first-order chi connectivity index (χ1) is 21.7. The van der Waals surface area contributed by atoms with Gasteiger partial charge in [0.15, 0.2) is 23.2 Å². The first-order valence-electron chi connectivity index (χ1n) is 15.1. The molecule has 5 rings (SSSR count). The number of amidine groups is 1. The molecular weight excluding hydrogens is 577 g/mol. The van der Waals surface area contributed by atoms with Crippen LogP contribution in [0.15, 0.2) is 60.4 Å². The Hall–Kier alpha value is -4.55. The predicted molar refractivity (Wildman–Crippen MR) is 171 cm³/mol. The number of ether oxygens (including phenoxy) is 1. The van der Waals surface area contributed by atoms with E-state index in [4.69, 9.17) is 4.74 Å². The number of aromatic nitrogens is 2. The standard InChI is InChI=1S/C33H40FN7O4/c1-5-35-30(31-37-18-28(39(31)3)23-6-9-29(45-4)27(34)17-23)38-24-7-8-26(21(2)16-24)33(44)40-13-10-22(11-14-40)32(43)41-15-12-36-25(19-41)20-42/h5-9,16-18,22,25,36,42H,1,10-15,19-20H2,2-4H3,(H,35,38). The quantitative estimate of drug-likeness (QED) is 0.262. The molecular formula is C33H40FN7O4. The lowest BCUT2D eigenvalue weighted by molar-refractivity contribution is -0.138. The highest BCUT2D eigenvalue weighted by Gasteiger charge is 2.33. The lowest BCUT2D eigenvalue weighted by atomic mass is 9.94. The van der Waals surface area contributed by atoms with Gasteiger partial charge in [0.1, 0.15) is 0 Å². The number of nitrogens with one attached hydrogen (secondary N) is 2. The highest BCUT2D eigenvalue weighted by atomic mass is 19.1. The third-order valence-corrected chi connectivity index (χ3v) is 8.51. The molecule has 2 aromatic carbocycles. The summed E-state index contributed by atoms with van der Waals surface area (Å²) in [7, 11) is 3.24. The zero-order valence-electron chi connectivity index (χ0n) is 25.9. The van der Waals surface area contributed by atoms with Gasteiger partial charge in [0.05, 0.1) is 25.6 Å². The molecule has 0 spiro atoms. The van der Waals surface area contributed by atoms with E-state index in [1.54, 1.807) is 24.4 Å². The fourth-order valence-corrected chi connectivity index (χ4v) is 5.98. The SMILES string of the molecule is C=C/N=C(/Nc1ccc(C(=O)N2CCC(C(=O)N3CCNC(CO)C3)CC2)c(C)c1)c1ncc(-c2ccc(OC)c(F)c2)n1C. The number of likely N-dealkylation sites (tertiary alicyclic amines) is 1. The number of carbonyl (C=O) groups excluding carboxylic acids is 2. The molecule has 2 fully saturated rings. The minimum Gasteiger partial charge on any atom is -0.494 e. The Morgan fingerprint density at radius 3 is 2.64 bits per heavy atom. The fourth-order valence-electron chi connectivity index (χ4n) is 5.98. The van der Waals surface area contributed by atoms with Crippen molar-refractivity contribution in [2.75, 3.05) is 51.8 Å². The Balaban J connectivity index is 1.24. The summed E-state index contributed by atoms with van der Waals surface area (Å²) in [5, 5.41) is 16.0. The number of rotatable bonds is 8. The van der Waals surface area contributed by atoms with E-state index in [1.807, 2.05) is 40.5 Å². The summed E-state index contributed by atoms with van der Waals surface area (Å²) >= 11 is 0. The van der Waals surface area contributed by atoms with Crippen molar-refractivity contribution in [2.24, 2.45) is 18.0 Å².